The Kier molecular flexibility index (Phi) is 8.24. The first-order chi connectivity index (χ1) is 33.5. The second kappa shape index (κ2) is 14.1. The van der Waals surface area contributed by atoms with Crippen LogP contribution in [0, 0.1) is 0 Å². The lowest BCUT2D eigenvalue weighted by atomic mass is 9.34. The van der Waals surface area contributed by atoms with E-state index in [-0.39, 0.29) is 17.5 Å². The molecular formula is C65H52BN3. The van der Waals surface area contributed by atoms with Crippen LogP contribution in [0.3, 0.4) is 0 Å². The molecule has 2 aliphatic rings. The molecule has 0 spiro atoms. The van der Waals surface area contributed by atoms with Gasteiger partial charge in [-0.15, -0.1) is 0 Å². The van der Waals surface area contributed by atoms with Crippen molar-refractivity contribution >= 4 is 133 Å². The van der Waals surface area contributed by atoms with Crippen LogP contribution < -0.4 is 26.3 Å². The quantitative estimate of drug-likeness (QED) is 0.127. The summed E-state index contributed by atoms with van der Waals surface area (Å²) in [5, 5.41) is 16.6. The van der Waals surface area contributed by atoms with Crippen LogP contribution >= 0.6 is 0 Å². The van der Waals surface area contributed by atoms with E-state index < -0.39 is 0 Å². The molecule has 0 aliphatic carbocycles. The van der Waals surface area contributed by atoms with E-state index in [4.69, 9.17) is 0 Å². The third kappa shape index (κ3) is 5.57. The van der Waals surface area contributed by atoms with Crippen LogP contribution in [-0.4, -0.2) is 11.3 Å². The Labute approximate surface area is 403 Å². The Morgan fingerprint density at radius 3 is 1.42 bits per heavy atom. The number of nitrogens with zero attached hydrogens (tertiary/aromatic N) is 3. The first-order valence-corrected chi connectivity index (χ1v) is 24.6. The van der Waals surface area contributed by atoms with Crippen molar-refractivity contribution in [2.24, 2.45) is 7.05 Å². The summed E-state index contributed by atoms with van der Waals surface area (Å²) in [6.45, 7) is 14.0. The van der Waals surface area contributed by atoms with Crippen molar-refractivity contribution in [2.75, 3.05) is 9.80 Å². The summed E-state index contributed by atoms with van der Waals surface area (Å²) in [6, 6.07) is 71.7. The molecule has 2 aliphatic heterocycles. The van der Waals surface area contributed by atoms with E-state index in [0.29, 0.717) is 0 Å². The summed E-state index contributed by atoms with van der Waals surface area (Å²) >= 11 is 0. The van der Waals surface area contributed by atoms with Gasteiger partial charge in [-0.05, 0) is 141 Å². The number of hydrogen-bond donors (Lipinski definition) is 0. The number of aryl methyl sites for hydroxylation is 1. The summed E-state index contributed by atoms with van der Waals surface area (Å²) in [5.74, 6) is 0. The maximum Gasteiger partial charge on any atom is 0.272 e. The van der Waals surface area contributed by atoms with Gasteiger partial charge < -0.3 is 14.4 Å². The first-order valence-electron chi connectivity index (χ1n) is 24.6. The molecule has 330 valence electrons. The Hall–Kier alpha value is -7.82. The maximum absolute atomic E-state index is 2.67. The van der Waals surface area contributed by atoms with E-state index in [1.807, 2.05) is 0 Å². The molecule has 11 aromatic carbocycles. The zero-order valence-electron chi connectivity index (χ0n) is 40.3. The highest BCUT2D eigenvalue weighted by molar-refractivity contribution is 7.00. The summed E-state index contributed by atoms with van der Waals surface area (Å²) in [6.07, 6.45) is 0. The molecule has 0 fully saturated rings. The average molecular weight is 886 g/mol. The Balaban J connectivity index is 1.13. The highest BCUT2D eigenvalue weighted by atomic mass is 15.2. The number of fused-ring (bicyclic) bond motifs is 18. The molecule has 1 aromatic heterocycles. The molecule has 0 bridgehead atoms. The van der Waals surface area contributed by atoms with E-state index in [2.05, 4.69) is 251 Å². The normalized spacial score (nSPS) is 13.6. The molecule has 4 heteroatoms. The lowest BCUT2D eigenvalue weighted by Gasteiger charge is -2.44. The fourth-order valence-electron chi connectivity index (χ4n) is 12.5. The lowest BCUT2D eigenvalue weighted by molar-refractivity contribution is 0.590. The third-order valence-electron chi connectivity index (χ3n) is 15.8. The zero-order chi connectivity index (χ0) is 46.7. The van der Waals surface area contributed by atoms with Crippen molar-refractivity contribution in [3.05, 3.63) is 199 Å². The van der Waals surface area contributed by atoms with Gasteiger partial charge in [0.05, 0.1) is 11.4 Å². The molecule has 0 saturated carbocycles. The van der Waals surface area contributed by atoms with Crippen LogP contribution in [0.25, 0.3) is 75.5 Å². The van der Waals surface area contributed by atoms with Gasteiger partial charge in [-0.3, -0.25) is 0 Å². The average Bonchev–Trinajstić information content (AvgIpc) is 3.66. The van der Waals surface area contributed by atoms with Gasteiger partial charge in [-0.25, -0.2) is 0 Å². The molecule has 0 amide bonds. The maximum atomic E-state index is 2.67. The topological polar surface area (TPSA) is 11.4 Å². The van der Waals surface area contributed by atoms with E-state index in [0.717, 1.165) is 5.69 Å². The molecule has 14 rings (SSSR count). The van der Waals surface area contributed by atoms with Gasteiger partial charge >= 0.3 is 0 Å². The van der Waals surface area contributed by atoms with Crippen molar-refractivity contribution < 1.29 is 0 Å². The van der Waals surface area contributed by atoms with Crippen LogP contribution in [0.15, 0.2) is 188 Å². The SMILES string of the molecule is Cn1c2c(c3cc(C(C)(C)C)ccc31)N(c1cccc3c4ccccc4c4ccccc4c13)c1cccc3c1B2c1cc(C(C)(C)C)ccc1N3c1ccc2c3ccccc3c3ccccc3c2c1. The number of hydrogen-bond acceptors (Lipinski definition) is 2. The molecule has 0 unspecified atom stereocenters. The van der Waals surface area contributed by atoms with Crippen molar-refractivity contribution in [3.8, 4) is 0 Å². The van der Waals surface area contributed by atoms with Crippen molar-refractivity contribution in [3.63, 3.8) is 0 Å². The Morgan fingerprint density at radius 1 is 0.362 bits per heavy atom. The Morgan fingerprint density at radius 2 is 0.826 bits per heavy atom. The number of aromatic nitrogens is 1. The van der Waals surface area contributed by atoms with E-state index in [1.54, 1.807) is 0 Å². The smallest absolute Gasteiger partial charge is 0.272 e. The predicted molar refractivity (Wildman–Crippen MR) is 299 cm³/mol. The monoisotopic (exact) mass is 885 g/mol. The number of rotatable bonds is 2. The zero-order valence-corrected chi connectivity index (χ0v) is 40.3. The fraction of sp³-hybridized carbons (Fsp3) is 0.138. The van der Waals surface area contributed by atoms with Gasteiger partial charge in [0.25, 0.3) is 6.71 Å². The lowest BCUT2D eigenvalue weighted by Crippen LogP contribution is -2.63. The van der Waals surface area contributed by atoms with Crippen molar-refractivity contribution in [1.29, 1.82) is 0 Å². The molecule has 69 heavy (non-hydrogen) atoms. The van der Waals surface area contributed by atoms with Gasteiger partial charge in [0.15, 0.2) is 0 Å². The summed E-state index contributed by atoms with van der Waals surface area (Å²) in [5.41, 5.74) is 15.1. The largest absolute Gasteiger partial charge is 0.353 e. The molecule has 3 nitrogen and oxygen atoms in total. The van der Waals surface area contributed by atoms with Crippen molar-refractivity contribution in [2.45, 2.75) is 52.4 Å². The second-order valence-corrected chi connectivity index (χ2v) is 21.7. The van der Waals surface area contributed by atoms with Gasteiger partial charge in [0.2, 0.25) is 0 Å². The molecule has 0 radical (unpaired) electrons. The third-order valence-corrected chi connectivity index (χ3v) is 15.8. The van der Waals surface area contributed by atoms with Crippen LogP contribution in [-0.2, 0) is 17.9 Å². The highest BCUT2D eigenvalue weighted by Gasteiger charge is 2.46. The van der Waals surface area contributed by atoms with Crippen LogP contribution in [0.2, 0.25) is 0 Å². The first kappa shape index (κ1) is 40.3. The number of benzene rings is 11. The standard InChI is InChI=1S/C65H52BN3/c1-64(2,3)39-30-34-55-53(36-39)62-63(67(55)7)66-54-37-40(65(4,5)6)31-35-56(54)68(41-32-33-49-44-20-9-8-18-42(44)43-19-11-13-24-48(43)52(49)38-41)58-28-17-29-59(61(58)66)69(62)57-27-16-26-51-47-22-12-10-21-45(47)46-23-14-15-25-50(46)60(51)57/h8-38H,1-7H3. The summed E-state index contributed by atoms with van der Waals surface area (Å²) < 4.78 is 2.53. The minimum Gasteiger partial charge on any atom is -0.353 e. The highest BCUT2D eigenvalue weighted by Crippen LogP contribution is 2.51. The van der Waals surface area contributed by atoms with Crippen molar-refractivity contribution in [1.82, 2.24) is 4.57 Å². The van der Waals surface area contributed by atoms with Crippen LogP contribution in [0.4, 0.5) is 34.1 Å². The Bertz CT molecular complexity index is 4120. The fourth-order valence-corrected chi connectivity index (χ4v) is 12.5. The minimum absolute atomic E-state index is 0.0347. The van der Waals surface area contributed by atoms with Gasteiger partial charge in [-0.2, -0.15) is 0 Å². The molecule has 0 atom stereocenters. The van der Waals surface area contributed by atoms with Gasteiger partial charge in [0.1, 0.15) is 0 Å². The molecule has 12 aromatic rings. The molecule has 3 heterocycles. The van der Waals surface area contributed by atoms with Crippen LogP contribution in [0.5, 0.6) is 0 Å². The van der Waals surface area contributed by atoms with E-state index >= 15 is 0 Å². The number of anilines is 6. The predicted octanol–water partition coefficient (Wildman–Crippen LogP) is 15.8. The van der Waals surface area contributed by atoms with Gasteiger partial charge in [0, 0.05) is 51.7 Å². The molecular weight excluding hydrogens is 834 g/mol. The molecule has 0 N–H and O–H groups in total. The minimum atomic E-state index is -0.0561. The molecule has 0 saturated heterocycles. The summed E-state index contributed by atoms with van der Waals surface area (Å²) in [7, 11) is 2.31. The van der Waals surface area contributed by atoms with E-state index in [9.17, 15) is 0 Å². The second-order valence-electron chi connectivity index (χ2n) is 21.7. The van der Waals surface area contributed by atoms with E-state index in [1.165, 1.54) is 132 Å². The van der Waals surface area contributed by atoms with Crippen LogP contribution in [0.1, 0.15) is 52.7 Å². The summed E-state index contributed by atoms with van der Waals surface area (Å²) in [4.78, 5) is 5.25. The van der Waals surface area contributed by atoms with Gasteiger partial charge in [-0.1, -0.05) is 181 Å².